The number of carbonyl (C=O) groups excluding carboxylic acids is 1. The van der Waals surface area contributed by atoms with Crippen molar-refractivity contribution in [3.8, 4) is 5.75 Å². The predicted octanol–water partition coefficient (Wildman–Crippen LogP) is 3.23. The van der Waals surface area contributed by atoms with Crippen LogP contribution in [0.25, 0.3) is 0 Å². The van der Waals surface area contributed by atoms with Crippen molar-refractivity contribution in [1.29, 1.82) is 0 Å². The van der Waals surface area contributed by atoms with E-state index in [0.717, 1.165) is 17.0 Å². The van der Waals surface area contributed by atoms with Crippen LogP contribution in [0.5, 0.6) is 5.75 Å². The number of hydrogen-bond acceptors (Lipinski definition) is 4. The van der Waals surface area contributed by atoms with Crippen LogP contribution in [0.2, 0.25) is 0 Å². The van der Waals surface area contributed by atoms with E-state index in [1.165, 1.54) is 0 Å². The summed E-state index contributed by atoms with van der Waals surface area (Å²) in [5.41, 5.74) is 2.29. The van der Waals surface area contributed by atoms with Crippen LogP contribution in [0.4, 0.5) is 5.69 Å². The van der Waals surface area contributed by atoms with Gasteiger partial charge in [0, 0.05) is 24.5 Å². The molecular formula is C18H23N3O2. The third-order valence-electron chi connectivity index (χ3n) is 3.13. The van der Waals surface area contributed by atoms with E-state index in [1.54, 1.807) is 19.5 Å². The van der Waals surface area contributed by atoms with Gasteiger partial charge < -0.3 is 15.4 Å². The van der Waals surface area contributed by atoms with Gasteiger partial charge >= 0.3 is 0 Å². The van der Waals surface area contributed by atoms with Crippen molar-refractivity contribution in [3.05, 3.63) is 53.9 Å². The molecule has 2 rings (SSSR count). The number of rotatable bonds is 5. The third-order valence-corrected chi connectivity index (χ3v) is 3.13. The molecule has 0 atom stereocenters. The van der Waals surface area contributed by atoms with Crippen molar-refractivity contribution in [1.82, 2.24) is 10.3 Å². The summed E-state index contributed by atoms with van der Waals surface area (Å²) in [5.74, 6) is 0.649. The topological polar surface area (TPSA) is 63.2 Å². The number of pyridine rings is 1. The highest BCUT2D eigenvalue weighted by Crippen LogP contribution is 2.15. The fourth-order valence-electron chi connectivity index (χ4n) is 2.09. The fraction of sp³-hybridized carbons (Fsp3) is 0.333. The first-order valence-electron chi connectivity index (χ1n) is 7.52. The number of benzene rings is 1. The highest BCUT2D eigenvalue weighted by atomic mass is 16.5. The number of methoxy groups -OCH3 is 1. The predicted molar refractivity (Wildman–Crippen MR) is 91.8 cm³/mol. The molecule has 0 saturated heterocycles. The number of hydrogen-bond donors (Lipinski definition) is 2. The Morgan fingerprint density at radius 3 is 2.48 bits per heavy atom. The van der Waals surface area contributed by atoms with E-state index < -0.39 is 0 Å². The Balaban J connectivity index is 1.98. The summed E-state index contributed by atoms with van der Waals surface area (Å²) in [5, 5.41) is 6.20. The lowest BCUT2D eigenvalue weighted by Crippen LogP contribution is -2.27. The summed E-state index contributed by atoms with van der Waals surface area (Å²) < 4.78 is 5.11. The number of nitrogens with zero attached hydrogens (tertiary/aromatic N) is 1. The van der Waals surface area contributed by atoms with Gasteiger partial charge in [0.05, 0.1) is 18.4 Å². The van der Waals surface area contributed by atoms with Crippen LogP contribution in [0.15, 0.2) is 42.7 Å². The normalized spacial score (nSPS) is 11.0. The van der Waals surface area contributed by atoms with E-state index >= 15 is 0 Å². The van der Waals surface area contributed by atoms with Gasteiger partial charge in [-0.3, -0.25) is 9.78 Å². The minimum absolute atomic E-state index is 0.0835. The fourth-order valence-corrected chi connectivity index (χ4v) is 2.09. The Hall–Kier alpha value is -2.56. The smallest absolute Gasteiger partial charge is 0.253 e. The summed E-state index contributed by atoms with van der Waals surface area (Å²) in [6, 6.07) is 9.40. The molecule has 0 bridgehead atoms. The average Bonchev–Trinajstić information content (AvgIpc) is 2.51. The second kappa shape index (κ2) is 7.13. The van der Waals surface area contributed by atoms with E-state index in [4.69, 9.17) is 4.74 Å². The first kappa shape index (κ1) is 16.8. The molecule has 1 aromatic carbocycles. The zero-order chi connectivity index (χ0) is 16.9. The number of ether oxygens (including phenoxy) is 1. The molecule has 23 heavy (non-hydrogen) atoms. The Labute approximate surface area is 137 Å². The third kappa shape index (κ3) is 5.29. The molecule has 0 radical (unpaired) electrons. The monoisotopic (exact) mass is 313 g/mol. The van der Waals surface area contributed by atoms with Gasteiger partial charge in [-0.1, -0.05) is 12.1 Å². The van der Waals surface area contributed by atoms with Gasteiger partial charge in [0.1, 0.15) is 5.75 Å². The molecule has 0 unspecified atom stereocenters. The lowest BCUT2D eigenvalue weighted by Gasteiger charge is -2.22. The van der Waals surface area contributed by atoms with Crippen molar-refractivity contribution >= 4 is 11.6 Å². The Bertz CT molecular complexity index is 661. The molecule has 0 aliphatic rings. The van der Waals surface area contributed by atoms with Crippen molar-refractivity contribution in [2.75, 3.05) is 12.4 Å². The lowest BCUT2D eigenvalue weighted by molar-refractivity contribution is 0.0950. The van der Waals surface area contributed by atoms with Crippen LogP contribution in [0.3, 0.4) is 0 Å². The summed E-state index contributed by atoms with van der Waals surface area (Å²) in [7, 11) is 1.63. The van der Waals surface area contributed by atoms with E-state index in [1.807, 2.05) is 30.3 Å². The number of nitrogens with one attached hydrogen (secondary N) is 2. The molecule has 0 spiro atoms. The van der Waals surface area contributed by atoms with E-state index in [0.29, 0.717) is 12.1 Å². The summed E-state index contributed by atoms with van der Waals surface area (Å²) >= 11 is 0. The molecule has 0 aliphatic carbocycles. The molecular weight excluding hydrogens is 290 g/mol. The van der Waals surface area contributed by atoms with Gasteiger partial charge in [0.25, 0.3) is 5.91 Å². The second-order valence-electron chi connectivity index (χ2n) is 6.37. The van der Waals surface area contributed by atoms with Crippen LogP contribution in [-0.2, 0) is 6.54 Å². The van der Waals surface area contributed by atoms with E-state index in [2.05, 4.69) is 36.4 Å². The van der Waals surface area contributed by atoms with Gasteiger partial charge in [-0.2, -0.15) is 0 Å². The molecule has 0 aliphatic heterocycles. The molecule has 2 N–H and O–H groups in total. The first-order chi connectivity index (χ1) is 10.9. The molecule has 1 amide bonds. The Morgan fingerprint density at radius 1 is 1.17 bits per heavy atom. The summed E-state index contributed by atoms with van der Waals surface area (Å²) in [6.07, 6.45) is 3.28. The van der Waals surface area contributed by atoms with Crippen LogP contribution in [0.1, 0.15) is 36.7 Å². The standard InChI is InChI=1S/C18H23N3O2/c1-18(2,3)21-15-9-14(11-19-12-15)17(22)20-10-13-5-7-16(23-4)8-6-13/h5-9,11-12,21H,10H2,1-4H3,(H,20,22). The van der Waals surface area contributed by atoms with E-state index in [9.17, 15) is 4.79 Å². The lowest BCUT2D eigenvalue weighted by atomic mass is 10.1. The van der Waals surface area contributed by atoms with Crippen LogP contribution < -0.4 is 15.4 Å². The molecule has 5 nitrogen and oxygen atoms in total. The number of amides is 1. The molecule has 0 saturated carbocycles. The van der Waals surface area contributed by atoms with Crippen LogP contribution in [-0.4, -0.2) is 23.5 Å². The largest absolute Gasteiger partial charge is 0.497 e. The average molecular weight is 313 g/mol. The Morgan fingerprint density at radius 2 is 1.87 bits per heavy atom. The quantitative estimate of drug-likeness (QED) is 0.889. The highest BCUT2D eigenvalue weighted by molar-refractivity contribution is 5.94. The highest BCUT2D eigenvalue weighted by Gasteiger charge is 2.12. The molecule has 5 heteroatoms. The minimum Gasteiger partial charge on any atom is -0.497 e. The first-order valence-corrected chi connectivity index (χ1v) is 7.52. The van der Waals surface area contributed by atoms with Crippen molar-refractivity contribution in [2.45, 2.75) is 32.9 Å². The van der Waals surface area contributed by atoms with Gasteiger partial charge in [-0.05, 0) is 44.5 Å². The number of anilines is 1. The van der Waals surface area contributed by atoms with E-state index in [-0.39, 0.29) is 11.4 Å². The van der Waals surface area contributed by atoms with Crippen molar-refractivity contribution in [2.24, 2.45) is 0 Å². The molecule has 1 aromatic heterocycles. The SMILES string of the molecule is COc1ccc(CNC(=O)c2cncc(NC(C)(C)C)c2)cc1. The minimum atomic E-state index is -0.147. The second-order valence-corrected chi connectivity index (χ2v) is 6.37. The van der Waals surface area contributed by atoms with Crippen LogP contribution >= 0.6 is 0 Å². The van der Waals surface area contributed by atoms with Crippen LogP contribution in [0, 0.1) is 0 Å². The zero-order valence-electron chi connectivity index (χ0n) is 14.0. The van der Waals surface area contributed by atoms with Gasteiger partial charge in [0.15, 0.2) is 0 Å². The molecule has 1 heterocycles. The maximum Gasteiger partial charge on any atom is 0.253 e. The van der Waals surface area contributed by atoms with Gasteiger partial charge in [0.2, 0.25) is 0 Å². The molecule has 122 valence electrons. The summed E-state index contributed by atoms with van der Waals surface area (Å²) in [4.78, 5) is 16.4. The Kier molecular flexibility index (Phi) is 5.21. The summed E-state index contributed by atoms with van der Waals surface area (Å²) in [6.45, 7) is 6.63. The van der Waals surface area contributed by atoms with Crippen molar-refractivity contribution in [3.63, 3.8) is 0 Å². The van der Waals surface area contributed by atoms with Gasteiger partial charge in [-0.25, -0.2) is 0 Å². The zero-order valence-corrected chi connectivity index (χ0v) is 14.0. The van der Waals surface area contributed by atoms with Gasteiger partial charge in [-0.15, -0.1) is 0 Å². The maximum atomic E-state index is 12.3. The van der Waals surface area contributed by atoms with Crippen molar-refractivity contribution < 1.29 is 9.53 Å². The number of aromatic nitrogens is 1. The maximum absolute atomic E-state index is 12.3. The molecule has 2 aromatic rings. The number of carbonyl (C=O) groups is 1. The molecule has 0 fully saturated rings.